The van der Waals surface area contributed by atoms with Crippen LogP contribution in [0.15, 0.2) is 48.5 Å². The maximum Gasteiger partial charge on any atom is 0.331 e. The molecule has 6 atom stereocenters. The first-order valence-electron chi connectivity index (χ1n) is 13.0. The predicted octanol–water partition coefficient (Wildman–Crippen LogP) is 3.40. The molecule has 1 saturated carbocycles. The van der Waals surface area contributed by atoms with Gasteiger partial charge in [0.05, 0.1) is 20.3 Å². The van der Waals surface area contributed by atoms with Gasteiger partial charge in [-0.3, -0.25) is 4.79 Å². The largest absolute Gasteiger partial charge is 0.493 e. The van der Waals surface area contributed by atoms with E-state index in [1.807, 2.05) is 42.5 Å². The number of likely N-dealkylation sites (N-methyl/N-ethyl adjacent to an activating group) is 1. The molecule has 2 aromatic rings. The van der Waals surface area contributed by atoms with Crippen LogP contribution >= 0.6 is 0 Å². The van der Waals surface area contributed by atoms with E-state index in [9.17, 15) is 9.59 Å². The Labute approximate surface area is 227 Å². The Kier molecular flexibility index (Phi) is 6.02. The fourth-order valence-electron chi connectivity index (χ4n) is 7.89. The van der Waals surface area contributed by atoms with Crippen LogP contribution in [0.25, 0.3) is 6.08 Å². The minimum absolute atomic E-state index is 0.0517. The summed E-state index contributed by atoms with van der Waals surface area (Å²) in [6.45, 7) is 0. The van der Waals surface area contributed by atoms with Crippen molar-refractivity contribution >= 4 is 18.0 Å². The molecule has 4 aliphatic rings. The number of ether oxygens (including phenoxy) is 6. The summed E-state index contributed by atoms with van der Waals surface area (Å²) in [5.74, 6) is -0.877. The number of fused-ring (bicyclic) bond motifs is 3. The van der Waals surface area contributed by atoms with Crippen molar-refractivity contribution < 1.29 is 38.0 Å². The van der Waals surface area contributed by atoms with Gasteiger partial charge in [-0.15, -0.1) is 0 Å². The lowest BCUT2D eigenvalue weighted by Crippen LogP contribution is -2.78. The van der Waals surface area contributed by atoms with Gasteiger partial charge in [-0.2, -0.15) is 0 Å². The molecule has 2 aliphatic carbocycles. The molecule has 2 aliphatic heterocycles. The number of hydrogen-bond acceptors (Lipinski definition) is 8. The number of hydrogen-bond donors (Lipinski definition) is 0. The van der Waals surface area contributed by atoms with Gasteiger partial charge in [-0.25, -0.2) is 4.79 Å². The molecule has 2 saturated heterocycles. The zero-order valence-corrected chi connectivity index (χ0v) is 22.8. The normalized spacial score (nSPS) is 34.1. The number of carbonyl (C=O) groups is 2. The highest BCUT2D eigenvalue weighted by Crippen LogP contribution is 2.73. The molecule has 9 heteroatoms. The minimum atomic E-state index is -1.41. The molecule has 39 heavy (non-hydrogen) atoms. The summed E-state index contributed by atoms with van der Waals surface area (Å²) in [6, 6.07) is 13.3. The topological polar surface area (TPSA) is 92.8 Å². The molecule has 2 aromatic carbocycles. The van der Waals surface area contributed by atoms with Crippen LogP contribution < -0.4 is 9.47 Å². The first-order valence-corrected chi connectivity index (χ1v) is 13.0. The summed E-state index contributed by atoms with van der Waals surface area (Å²) in [7, 11) is 8.08. The maximum atomic E-state index is 13.6. The second-order valence-electron chi connectivity index (χ2n) is 10.6. The Morgan fingerprint density at radius 3 is 2.49 bits per heavy atom. The average molecular weight is 536 g/mol. The number of nitrogens with zero attached hydrogens (tertiary/aromatic N) is 1. The number of likely N-dealkylation sites (tertiary alicyclic amines) is 1. The SMILES string of the molecule is COc1ccc2c(c1OC)[C@@]13CC(=O)N(C)[C@@]14C[C@@H]2O[C@@]4(OC)[C@@H](OC)[C@@H](OC(=O)C=Cc1ccccc1)C3. The molecule has 206 valence electrons. The van der Waals surface area contributed by atoms with E-state index >= 15 is 0 Å². The highest BCUT2D eigenvalue weighted by atomic mass is 16.7. The van der Waals surface area contributed by atoms with E-state index in [0.717, 1.165) is 16.7 Å². The van der Waals surface area contributed by atoms with Gasteiger partial charge >= 0.3 is 5.97 Å². The molecule has 0 N–H and O–H groups in total. The standard InChI is InChI=1S/C30H33NO8/c1-31-23(32)17-28-15-22(38-24(33)14-11-18-9-7-6-8-10-18)27(36-4)30(37-5)29(28,31)16-21(39-30)19-12-13-20(34-2)26(35-3)25(19)28/h6-14,21-22,27H,15-17H2,1-5H3/t21-,22-,27-,28+,29-,30-/m0/s1. The van der Waals surface area contributed by atoms with Crippen LogP contribution in [0.2, 0.25) is 0 Å². The number of carbonyl (C=O) groups excluding carboxylic acids is 2. The number of methoxy groups -OCH3 is 4. The van der Waals surface area contributed by atoms with Gasteiger partial charge in [0.2, 0.25) is 11.7 Å². The molecule has 1 spiro atoms. The van der Waals surface area contributed by atoms with Crippen molar-refractivity contribution in [3.63, 3.8) is 0 Å². The molecular weight excluding hydrogens is 502 g/mol. The third kappa shape index (κ3) is 3.18. The van der Waals surface area contributed by atoms with Gasteiger partial charge in [-0.05, 0) is 29.7 Å². The Balaban J connectivity index is 1.52. The molecule has 2 bridgehead atoms. The Hall–Kier alpha value is -3.40. The van der Waals surface area contributed by atoms with Crippen molar-refractivity contribution in [3.8, 4) is 11.5 Å². The third-order valence-electron chi connectivity index (χ3n) is 9.27. The minimum Gasteiger partial charge on any atom is -0.493 e. The number of rotatable bonds is 7. The molecule has 0 radical (unpaired) electrons. The van der Waals surface area contributed by atoms with Gasteiger partial charge < -0.3 is 33.3 Å². The lowest BCUT2D eigenvalue weighted by Gasteiger charge is -2.61. The Bertz CT molecular complexity index is 1340. The Morgan fingerprint density at radius 1 is 1.05 bits per heavy atom. The first kappa shape index (κ1) is 25.9. The molecular formula is C30H33NO8. The van der Waals surface area contributed by atoms with Gasteiger partial charge in [0, 0.05) is 51.2 Å². The second kappa shape index (κ2) is 9.08. The molecule has 6 rings (SSSR count). The maximum absolute atomic E-state index is 13.6. The van der Waals surface area contributed by atoms with Crippen molar-refractivity contribution in [3.05, 3.63) is 65.2 Å². The molecule has 3 fully saturated rings. The van der Waals surface area contributed by atoms with Gasteiger partial charge in [0.25, 0.3) is 0 Å². The predicted molar refractivity (Wildman–Crippen MR) is 140 cm³/mol. The highest BCUT2D eigenvalue weighted by Gasteiger charge is 2.85. The van der Waals surface area contributed by atoms with Crippen LogP contribution in [-0.2, 0) is 34.0 Å². The molecule has 9 nitrogen and oxygen atoms in total. The lowest BCUT2D eigenvalue weighted by atomic mass is 9.50. The Morgan fingerprint density at radius 2 is 1.82 bits per heavy atom. The summed E-state index contributed by atoms with van der Waals surface area (Å²) in [5.41, 5.74) is 0.843. The van der Waals surface area contributed by atoms with Crippen molar-refractivity contribution in [2.24, 2.45) is 0 Å². The van der Waals surface area contributed by atoms with Crippen LogP contribution in [0.1, 0.15) is 42.1 Å². The van der Waals surface area contributed by atoms with Crippen LogP contribution in [0.4, 0.5) is 0 Å². The fraction of sp³-hybridized carbons (Fsp3) is 0.467. The second-order valence-corrected chi connectivity index (χ2v) is 10.6. The molecule has 0 unspecified atom stereocenters. The summed E-state index contributed by atoms with van der Waals surface area (Å²) < 4.78 is 36.9. The van der Waals surface area contributed by atoms with E-state index in [0.29, 0.717) is 24.3 Å². The summed E-state index contributed by atoms with van der Waals surface area (Å²) in [6.07, 6.45) is 2.12. The van der Waals surface area contributed by atoms with Crippen LogP contribution in [-0.4, -0.2) is 75.8 Å². The number of esters is 1. The highest BCUT2D eigenvalue weighted by molar-refractivity contribution is 5.88. The van der Waals surface area contributed by atoms with Gasteiger partial charge in [-0.1, -0.05) is 36.4 Å². The van der Waals surface area contributed by atoms with Crippen LogP contribution in [0.5, 0.6) is 11.5 Å². The van der Waals surface area contributed by atoms with Crippen molar-refractivity contribution in [1.82, 2.24) is 4.90 Å². The number of benzene rings is 2. The van der Waals surface area contributed by atoms with E-state index in [4.69, 9.17) is 28.4 Å². The van der Waals surface area contributed by atoms with Crippen molar-refractivity contribution in [1.29, 1.82) is 0 Å². The van der Waals surface area contributed by atoms with E-state index in [-0.39, 0.29) is 12.3 Å². The number of amides is 1. The van der Waals surface area contributed by atoms with Crippen LogP contribution in [0, 0.1) is 0 Å². The van der Waals surface area contributed by atoms with E-state index in [1.165, 1.54) is 6.08 Å². The van der Waals surface area contributed by atoms with Crippen molar-refractivity contribution in [2.75, 3.05) is 35.5 Å². The van der Waals surface area contributed by atoms with Gasteiger partial charge in [0.1, 0.15) is 11.6 Å². The average Bonchev–Trinajstić information content (AvgIpc) is 3.41. The van der Waals surface area contributed by atoms with E-state index in [2.05, 4.69) is 0 Å². The molecule has 0 aromatic heterocycles. The lowest BCUT2D eigenvalue weighted by molar-refractivity contribution is -0.339. The smallest absolute Gasteiger partial charge is 0.331 e. The zero-order chi connectivity index (χ0) is 27.6. The van der Waals surface area contributed by atoms with Crippen molar-refractivity contribution in [2.45, 2.75) is 54.3 Å². The fourth-order valence-corrected chi connectivity index (χ4v) is 7.89. The van der Waals surface area contributed by atoms with Gasteiger partial charge in [0.15, 0.2) is 17.6 Å². The molecule has 2 heterocycles. The monoisotopic (exact) mass is 535 g/mol. The third-order valence-corrected chi connectivity index (χ3v) is 9.27. The first-order chi connectivity index (χ1) is 18.8. The van der Waals surface area contributed by atoms with E-state index in [1.54, 1.807) is 46.5 Å². The quantitative estimate of drug-likeness (QED) is 0.394. The van der Waals surface area contributed by atoms with Crippen LogP contribution in [0.3, 0.4) is 0 Å². The summed E-state index contributed by atoms with van der Waals surface area (Å²) in [4.78, 5) is 28.6. The zero-order valence-electron chi connectivity index (χ0n) is 22.8. The summed E-state index contributed by atoms with van der Waals surface area (Å²) >= 11 is 0. The summed E-state index contributed by atoms with van der Waals surface area (Å²) in [5, 5.41) is 0. The molecule has 1 amide bonds. The van der Waals surface area contributed by atoms with E-state index < -0.39 is 41.0 Å².